The third kappa shape index (κ3) is 4.05. The van der Waals surface area contributed by atoms with Crippen molar-refractivity contribution in [1.29, 1.82) is 0 Å². The number of fused-ring (bicyclic) bond motifs is 1. The summed E-state index contributed by atoms with van der Waals surface area (Å²) >= 11 is 3.65. The number of urea groups is 1. The number of hydrogen-bond donors (Lipinski definition) is 1. The second-order valence-corrected chi connectivity index (χ2v) is 7.44. The molecule has 0 aliphatic carbocycles. The molecule has 0 unspecified atom stereocenters. The Bertz CT molecular complexity index is 613. The van der Waals surface area contributed by atoms with Crippen molar-refractivity contribution in [3.05, 3.63) is 57.8 Å². The highest BCUT2D eigenvalue weighted by molar-refractivity contribution is 7.98. The molecule has 1 N–H and O–H groups in total. The molecule has 22 heavy (non-hydrogen) atoms. The fraction of sp³-hybridized carbons (Fsp3) is 0.353. The highest BCUT2D eigenvalue weighted by atomic mass is 32.2. The lowest BCUT2D eigenvalue weighted by Crippen LogP contribution is -2.43. The second kappa shape index (κ2) is 7.70. The van der Waals surface area contributed by atoms with Crippen molar-refractivity contribution in [2.75, 3.05) is 18.8 Å². The van der Waals surface area contributed by atoms with E-state index in [1.165, 1.54) is 16.0 Å². The summed E-state index contributed by atoms with van der Waals surface area (Å²) in [5.74, 6) is 1.98. The fourth-order valence-corrected chi connectivity index (χ4v) is 4.28. The van der Waals surface area contributed by atoms with Crippen LogP contribution in [0.3, 0.4) is 0 Å². The standard InChI is InChI=1S/C17H20N2OS2/c20-17(18-8-11-21-13-16-6-3-10-22-16)19-9-7-14-4-1-2-5-15(14)12-19/h1-6,10H,7-9,11-13H2,(H,18,20). The molecular formula is C17H20N2OS2. The zero-order valence-electron chi connectivity index (χ0n) is 12.5. The van der Waals surface area contributed by atoms with Gasteiger partial charge >= 0.3 is 6.03 Å². The number of benzene rings is 1. The van der Waals surface area contributed by atoms with E-state index in [-0.39, 0.29) is 6.03 Å². The van der Waals surface area contributed by atoms with E-state index in [0.29, 0.717) is 0 Å². The zero-order valence-corrected chi connectivity index (χ0v) is 14.1. The van der Waals surface area contributed by atoms with Crippen LogP contribution >= 0.6 is 23.1 Å². The number of carbonyl (C=O) groups excluding carboxylic acids is 1. The molecule has 1 aromatic heterocycles. The second-order valence-electron chi connectivity index (χ2n) is 5.30. The summed E-state index contributed by atoms with van der Waals surface area (Å²) in [6, 6.07) is 12.7. The minimum absolute atomic E-state index is 0.0613. The topological polar surface area (TPSA) is 32.3 Å². The molecule has 0 fully saturated rings. The predicted octanol–water partition coefficient (Wildman–Crippen LogP) is 3.75. The van der Waals surface area contributed by atoms with Crippen molar-refractivity contribution in [1.82, 2.24) is 10.2 Å². The van der Waals surface area contributed by atoms with Crippen LogP contribution in [0.5, 0.6) is 0 Å². The first kappa shape index (κ1) is 15.4. The van der Waals surface area contributed by atoms with Gasteiger partial charge in [0.05, 0.1) is 0 Å². The molecule has 0 saturated heterocycles. The molecular weight excluding hydrogens is 312 g/mol. The molecule has 2 heterocycles. The van der Waals surface area contributed by atoms with Gasteiger partial charge in [0.25, 0.3) is 0 Å². The predicted molar refractivity (Wildman–Crippen MR) is 94.4 cm³/mol. The Morgan fingerprint density at radius 2 is 2.09 bits per heavy atom. The quantitative estimate of drug-likeness (QED) is 0.846. The highest BCUT2D eigenvalue weighted by Crippen LogP contribution is 2.19. The van der Waals surface area contributed by atoms with Crippen LogP contribution < -0.4 is 5.32 Å². The molecule has 0 spiro atoms. The summed E-state index contributed by atoms with van der Waals surface area (Å²) in [7, 11) is 0. The van der Waals surface area contributed by atoms with Gasteiger partial charge in [-0.3, -0.25) is 0 Å². The molecule has 0 radical (unpaired) electrons. The van der Waals surface area contributed by atoms with E-state index in [1.807, 2.05) is 22.7 Å². The summed E-state index contributed by atoms with van der Waals surface area (Å²) in [6.07, 6.45) is 0.955. The van der Waals surface area contributed by atoms with E-state index < -0.39 is 0 Å². The van der Waals surface area contributed by atoms with E-state index in [9.17, 15) is 4.79 Å². The maximum Gasteiger partial charge on any atom is 0.317 e. The first-order valence-corrected chi connectivity index (χ1v) is 9.56. The molecule has 1 aliphatic heterocycles. The normalized spacial score (nSPS) is 13.7. The molecule has 0 bridgehead atoms. The van der Waals surface area contributed by atoms with Crippen LogP contribution in [-0.4, -0.2) is 29.8 Å². The summed E-state index contributed by atoms with van der Waals surface area (Å²) in [5, 5.41) is 5.14. The molecule has 1 aliphatic rings. The fourth-order valence-electron chi connectivity index (χ4n) is 2.58. The molecule has 1 aromatic carbocycles. The van der Waals surface area contributed by atoms with E-state index in [1.54, 1.807) is 11.3 Å². The van der Waals surface area contributed by atoms with E-state index in [0.717, 1.165) is 37.6 Å². The van der Waals surface area contributed by atoms with Crippen LogP contribution in [0, 0.1) is 0 Å². The Balaban J connectivity index is 1.38. The average Bonchev–Trinajstić information content (AvgIpc) is 3.07. The van der Waals surface area contributed by atoms with Crippen molar-refractivity contribution < 1.29 is 4.79 Å². The van der Waals surface area contributed by atoms with Crippen LogP contribution in [0.15, 0.2) is 41.8 Å². The van der Waals surface area contributed by atoms with Gasteiger partial charge in [-0.1, -0.05) is 30.3 Å². The van der Waals surface area contributed by atoms with Gasteiger partial charge in [0, 0.05) is 36.0 Å². The molecule has 0 saturated carbocycles. The Hall–Kier alpha value is -1.46. The number of nitrogens with zero attached hydrogens (tertiary/aromatic N) is 1. The van der Waals surface area contributed by atoms with Crippen molar-refractivity contribution in [3.8, 4) is 0 Å². The van der Waals surface area contributed by atoms with Crippen molar-refractivity contribution in [2.24, 2.45) is 0 Å². The molecule has 5 heteroatoms. The van der Waals surface area contributed by atoms with Crippen LogP contribution in [0.4, 0.5) is 4.79 Å². The van der Waals surface area contributed by atoms with Gasteiger partial charge in [0.2, 0.25) is 0 Å². The molecule has 3 nitrogen and oxygen atoms in total. The average molecular weight is 332 g/mol. The van der Waals surface area contributed by atoms with Crippen molar-refractivity contribution >= 4 is 29.1 Å². The van der Waals surface area contributed by atoms with Gasteiger partial charge in [-0.15, -0.1) is 11.3 Å². The zero-order chi connectivity index (χ0) is 15.2. The number of thioether (sulfide) groups is 1. The van der Waals surface area contributed by atoms with Gasteiger partial charge in [0.1, 0.15) is 0 Å². The van der Waals surface area contributed by atoms with Crippen molar-refractivity contribution in [3.63, 3.8) is 0 Å². The van der Waals surface area contributed by atoms with E-state index in [4.69, 9.17) is 0 Å². The minimum Gasteiger partial charge on any atom is -0.337 e. The minimum atomic E-state index is 0.0613. The lowest BCUT2D eigenvalue weighted by atomic mass is 10.0. The molecule has 116 valence electrons. The lowest BCUT2D eigenvalue weighted by Gasteiger charge is -2.28. The van der Waals surface area contributed by atoms with Crippen LogP contribution in [0.25, 0.3) is 0 Å². The monoisotopic (exact) mass is 332 g/mol. The van der Waals surface area contributed by atoms with Crippen molar-refractivity contribution in [2.45, 2.75) is 18.7 Å². The van der Waals surface area contributed by atoms with Crippen LogP contribution in [0.1, 0.15) is 16.0 Å². The molecule has 3 rings (SSSR count). The maximum absolute atomic E-state index is 12.2. The summed E-state index contributed by atoms with van der Waals surface area (Å²) < 4.78 is 0. The smallest absolute Gasteiger partial charge is 0.317 e. The Kier molecular flexibility index (Phi) is 5.40. The molecule has 0 atom stereocenters. The van der Waals surface area contributed by atoms with Crippen LogP contribution in [-0.2, 0) is 18.7 Å². The summed E-state index contributed by atoms with van der Waals surface area (Å²) in [6.45, 7) is 2.27. The number of nitrogens with one attached hydrogen (secondary N) is 1. The van der Waals surface area contributed by atoms with Crippen LogP contribution in [0.2, 0.25) is 0 Å². The van der Waals surface area contributed by atoms with Gasteiger partial charge in [-0.05, 0) is 29.0 Å². The third-order valence-corrected chi connectivity index (χ3v) is 5.83. The summed E-state index contributed by atoms with van der Waals surface area (Å²) in [4.78, 5) is 15.5. The number of rotatable bonds is 5. The third-order valence-electron chi connectivity index (χ3n) is 3.76. The van der Waals surface area contributed by atoms with Gasteiger partial charge in [-0.2, -0.15) is 11.8 Å². The van der Waals surface area contributed by atoms with Gasteiger partial charge < -0.3 is 10.2 Å². The maximum atomic E-state index is 12.2. The summed E-state index contributed by atoms with van der Waals surface area (Å²) in [5.41, 5.74) is 2.65. The van der Waals surface area contributed by atoms with Gasteiger partial charge in [0.15, 0.2) is 0 Å². The lowest BCUT2D eigenvalue weighted by molar-refractivity contribution is 0.193. The molecule has 2 aromatic rings. The SMILES string of the molecule is O=C(NCCSCc1cccs1)N1CCc2ccccc2C1. The number of carbonyl (C=O) groups is 1. The van der Waals surface area contributed by atoms with Gasteiger partial charge in [-0.25, -0.2) is 4.79 Å². The first-order chi connectivity index (χ1) is 10.8. The highest BCUT2D eigenvalue weighted by Gasteiger charge is 2.19. The number of thiophene rings is 1. The van der Waals surface area contributed by atoms with E-state index in [2.05, 4.69) is 41.0 Å². The Morgan fingerprint density at radius 1 is 1.23 bits per heavy atom. The molecule has 2 amide bonds. The Labute approximate surface area is 139 Å². The number of hydrogen-bond acceptors (Lipinski definition) is 3. The Morgan fingerprint density at radius 3 is 2.91 bits per heavy atom. The first-order valence-electron chi connectivity index (χ1n) is 7.52. The van der Waals surface area contributed by atoms with E-state index >= 15 is 0 Å². The largest absolute Gasteiger partial charge is 0.337 e. The number of amides is 2.